The first kappa shape index (κ1) is 83.8. The van der Waals surface area contributed by atoms with Crippen LogP contribution in [0, 0.1) is 61.2 Å². The number of amides is 8. The van der Waals surface area contributed by atoms with Gasteiger partial charge in [-0.05, 0) is 113 Å². The van der Waals surface area contributed by atoms with E-state index >= 15 is 9.59 Å². The number of ether oxygens (including phenoxy) is 2. The molecule has 9 rings (SSSR count). The number of nitrogens with two attached hydrogens (primary N) is 3. The number of benzene rings is 3. The molecule has 8 amide bonds. The van der Waals surface area contributed by atoms with Crippen LogP contribution in [0.25, 0.3) is 22.6 Å². The summed E-state index contributed by atoms with van der Waals surface area (Å²) in [5, 5.41) is 18.8. The number of nitrogens with one attached hydrogen (secondary N) is 4. The normalized spacial score (nSPS) is 25.0. The van der Waals surface area contributed by atoms with Crippen LogP contribution in [0.3, 0.4) is 0 Å². The molecule has 578 valence electrons. The van der Waals surface area contributed by atoms with E-state index in [2.05, 4.69) is 36.5 Å². The average molecular weight is 1500 g/mol. The summed E-state index contributed by atoms with van der Waals surface area (Å²) in [6, 6.07) is 7.00. The number of ketones is 2. The van der Waals surface area contributed by atoms with E-state index < -0.39 is 196 Å². The summed E-state index contributed by atoms with van der Waals surface area (Å²) in [4.78, 5) is 201. The summed E-state index contributed by atoms with van der Waals surface area (Å²) in [6.07, 6.45) is -0.654. The Morgan fingerprint density at radius 2 is 1.04 bits per heavy atom. The van der Waals surface area contributed by atoms with Crippen molar-refractivity contribution >= 4 is 123 Å². The number of azo groups is 1. The standard InChI is InChI=1S/C64H88N10O16.C11H11N5.ClH/c1-27(2)44-53(78)35-19-17-21-37(35)61(84)71(13)25-40(75)73(15)50(29(5)6)63(86)88-33(11)46(59(82)67-44)69-57(80)39-24-23-31(9)55-48(39)66-49-42(43(65)52(77)32(10)56(49)90-55)58(81)70-47-34(12)89-64(87)51(30(7)8)74(16)41(76)26-72(14)62(85)38-22-18-20-36(38)54(79)45(28(3)4)68-60(47)83;12-10-7-6-9(11(13)14-10)16-15-8-4-2-1-3-5-8;/h23-24,27-30,33-38,44-47,50-51H,17-22,25-26,65H2,1-16H3,(H,67,82)(H,68,83)(H,69,80)(H,70,81);1-7H,(H4,12,13,14);1H. The molecule has 3 aliphatic carbocycles. The molecule has 3 aromatic rings. The number of hydrogen-bond donors (Lipinski definition) is 7. The average Bonchev–Trinajstić information content (AvgIpc) is 1.23. The minimum Gasteiger partial charge on any atom is -0.458 e. The molecular formula is C75H100ClN15O16. The number of hydrogen-bond acceptors (Lipinski definition) is 23. The van der Waals surface area contributed by atoms with Crippen LogP contribution in [0.1, 0.15) is 140 Å². The number of cyclic esters (lactones) is 2. The van der Waals surface area contributed by atoms with Crippen molar-refractivity contribution in [1.29, 1.82) is 0 Å². The van der Waals surface area contributed by atoms with Crippen molar-refractivity contribution in [3.63, 3.8) is 0 Å². The number of likely N-dealkylation sites (N-methyl/N-ethyl adjacent to an activating group) is 4. The fourth-order valence-electron chi connectivity index (χ4n) is 14.3. The van der Waals surface area contributed by atoms with Crippen LogP contribution in [0.2, 0.25) is 0 Å². The molecule has 12 atom stereocenters. The van der Waals surface area contributed by atoms with Crippen LogP contribution >= 0.6 is 12.4 Å². The molecule has 32 heteroatoms. The molecule has 0 spiro atoms. The molecule has 4 fully saturated rings. The number of aromatic nitrogens is 2. The van der Waals surface area contributed by atoms with Crippen molar-refractivity contribution in [3.05, 3.63) is 87.1 Å². The van der Waals surface area contributed by atoms with E-state index in [9.17, 15) is 52.7 Å². The van der Waals surface area contributed by atoms with E-state index in [0.717, 1.165) is 15.5 Å². The number of rotatable bonds is 10. The lowest BCUT2D eigenvalue weighted by molar-refractivity contribution is -0.163. The van der Waals surface area contributed by atoms with Gasteiger partial charge in [-0.25, -0.2) is 19.6 Å². The molecule has 12 unspecified atom stereocenters. The molecule has 2 saturated carbocycles. The van der Waals surface area contributed by atoms with Gasteiger partial charge in [0, 0.05) is 57.4 Å². The van der Waals surface area contributed by atoms with Gasteiger partial charge in [-0.3, -0.25) is 52.7 Å². The molecule has 10 N–H and O–H groups in total. The molecule has 107 heavy (non-hydrogen) atoms. The smallest absolute Gasteiger partial charge is 0.329 e. The van der Waals surface area contributed by atoms with E-state index in [0.29, 0.717) is 55.6 Å². The highest BCUT2D eigenvalue weighted by molar-refractivity contribution is 6.11. The minimum absolute atomic E-state index is 0. The first-order valence-electron chi connectivity index (χ1n) is 35.7. The van der Waals surface area contributed by atoms with E-state index in [1.54, 1.807) is 74.4 Å². The van der Waals surface area contributed by atoms with Gasteiger partial charge in [-0.1, -0.05) is 92.5 Å². The monoisotopic (exact) mass is 1500 g/mol. The molecule has 3 aliphatic heterocycles. The van der Waals surface area contributed by atoms with Gasteiger partial charge in [0.15, 0.2) is 28.7 Å². The Labute approximate surface area is 627 Å². The number of Topliss-reactive ketones (excluding diaryl/α,β-unsaturated/α-hetero) is 2. The van der Waals surface area contributed by atoms with E-state index in [1.807, 2.05) is 30.3 Å². The van der Waals surface area contributed by atoms with Gasteiger partial charge in [0.1, 0.15) is 59.1 Å². The fourth-order valence-corrected chi connectivity index (χ4v) is 14.3. The van der Waals surface area contributed by atoms with Gasteiger partial charge >= 0.3 is 11.9 Å². The summed E-state index contributed by atoms with van der Waals surface area (Å²) in [5.74, 6) is -14.2. The summed E-state index contributed by atoms with van der Waals surface area (Å²) >= 11 is 0. The van der Waals surface area contributed by atoms with Crippen LogP contribution in [0.5, 0.6) is 0 Å². The second-order valence-corrected chi connectivity index (χ2v) is 29.4. The minimum atomic E-state index is -1.86. The Bertz CT molecular complexity index is 4300. The third-order valence-electron chi connectivity index (χ3n) is 20.3. The molecule has 4 heterocycles. The highest BCUT2D eigenvalue weighted by atomic mass is 35.5. The maximum atomic E-state index is 15.2. The third kappa shape index (κ3) is 18.5. The number of halogens is 1. The lowest BCUT2D eigenvalue weighted by Crippen LogP contribution is -2.59. The van der Waals surface area contributed by atoms with Gasteiger partial charge in [0.25, 0.3) is 11.8 Å². The van der Waals surface area contributed by atoms with Crippen molar-refractivity contribution < 1.29 is 71.4 Å². The number of nitrogens with zero attached hydrogens (tertiary/aromatic N) is 8. The van der Waals surface area contributed by atoms with Gasteiger partial charge in [-0.2, -0.15) is 5.11 Å². The first-order valence-corrected chi connectivity index (χ1v) is 35.7. The van der Waals surface area contributed by atoms with Crippen LogP contribution in [0.4, 0.5) is 28.7 Å². The Kier molecular flexibility index (Phi) is 27.6. The predicted octanol–water partition coefficient (Wildman–Crippen LogP) is 5.80. The number of carbonyl (C=O) groups excluding carboxylic acids is 12. The number of fused-ring (bicyclic) bond motifs is 4. The summed E-state index contributed by atoms with van der Waals surface area (Å²) in [7, 11) is 5.66. The lowest BCUT2D eigenvalue weighted by Gasteiger charge is -2.35. The molecule has 2 saturated heterocycles. The van der Waals surface area contributed by atoms with Gasteiger partial charge in [-0.15, -0.1) is 17.5 Å². The van der Waals surface area contributed by atoms with Gasteiger partial charge in [0.05, 0.1) is 47.7 Å². The summed E-state index contributed by atoms with van der Waals surface area (Å²) in [5.41, 5.74) is 16.1. The second-order valence-electron chi connectivity index (χ2n) is 29.4. The molecule has 0 radical (unpaired) electrons. The number of nitrogen functional groups attached to an aromatic ring is 3. The number of carbonyl (C=O) groups is 12. The Balaban J connectivity index is 0.000000824. The SMILES string of the molecule is Cc1c2oc3c(C)ccc(C(=O)NC4C(=O)NC(C(C)C)C(=O)C5CCCC5C(=O)N(C)CC(=O)N(C)C(C(C)C)C(=O)OC4C)c3nc-2c(C(=O)NC2C(=O)NC(C(C)C)C(=O)C3CCCC3C(=O)N(C)CC(=O)N(C)C(C(C)C)C(=O)OC2C)c(N)c1=O.Cl.Nc1ccc(N=Nc2ccccc2)c(N)n1. The van der Waals surface area contributed by atoms with Crippen LogP contribution in [-0.4, -0.2) is 190 Å². The van der Waals surface area contributed by atoms with E-state index in [4.69, 9.17) is 36.1 Å². The zero-order valence-electron chi connectivity index (χ0n) is 63.3. The number of pyridine rings is 1. The Morgan fingerprint density at radius 3 is 1.49 bits per heavy atom. The Hall–Kier alpha value is -10.5. The van der Waals surface area contributed by atoms with Crippen LogP contribution < -0.4 is 43.9 Å². The van der Waals surface area contributed by atoms with Crippen molar-refractivity contribution in [3.8, 4) is 11.5 Å². The summed E-state index contributed by atoms with van der Waals surface area (Å²) < 4.78 is 18.3. The zero-order valence-corrected chi connectivity index (χ0v) is 64.2. The van der Waals surface area contributed by atoms with Crippen molar-refractivity contribution in [2.45, 2.75) is 170 Å². The van der Waals surface area contributed by atoms with Gasteiger partial charge < -0.3 is 72.0 Å². The van der Waals surface area contributed by atoms with Crippen LogP contribution in [0.15, 0.2) is 74.0 Å². The molecule has 31 nitrogen and oxygen atoms in total. The molecule has 2 aromatic carbocycles. The fraction of sp³-hybridized carbons (Fsp3) is 0.533. The first-order chi connectivity index (χ1) is 49.9. The highest BCUT2D eigenvalue weighted by Crippen LogP contribution is 2.39. The quantitative estimate of drug-likeness (QED) is 0.0376. The predicted molar refractivity (Wildman–Crippen MR) is 399 cm³/mol. The zero-order chi connectivity index (χ0) is 78.4. The molecule has 1 aromatic heterocycles. The molecule has 6 aliphatic rings. The van der Waals surface area contributed by atoms with Gasteiger partial charge in [0.2, 0.25) is 40.9 Å². The van der Waals surface area contributed by atoms with Crippen LogP contribution in [-0.2, 0) is 57.4 Å². The molecule has 0 bridgehead atoms. The Morgan fingerprint density at radius 1 is 0.579 bits per heavy atom. The maximum absolute atomic E-state index is 15.2. The topological polar surface area (TPSA) is 443 Å². The second kappa shape index (κ2) is 35.3. The van der Waals surface area contributed by atoms with Crippen molar-refractivity contribution in [1.82, 2.24) is 50.8 Å². The highest BCUT2D eigenvalue weighted by Gasteiger charge is 2.48. The summed E-state index contributed by atoms with van der Waals surface area (Å²) in [6.45, 7) is 18.3. The number of aryl methyl sites for hydroxylation is 1. The van der Waals surface area contributed by atoms with Crippen molar-refractivity contribution in [2.75, 3.05) is 58.5 Å². The lowest BCUT2D eigenvalue weighted by atomic mass is 9.83. The number of anilines is 3. The third-order valence-corrected chi connectivity index (χ3v) is 20.3. The van der Waals surface area contributed by atoms with E-state index in [1.165, 1.54) is 70.9 Å². The largest absolute Gasteiger partial charge is 0.458 e. The van der Waals surface area contributed by atoms with E-state index in [-0.39, 0.29) is 51.9 Å². The van der Waals surface area contributed by atoms with Crippen molar-refractivity contribution in [2.24, 2.45) is 57.6 Å². The molecular weight excluding hydrogens is 1400 g/mol. The number of esters is 2. The maximum Gasteiger partial charge on any atom is 0.329 e.